The van der Waals surface area contributed by atoms with Crippen LogP contribution in [-0.2, 0) is 9.59 Å². The van der Waals surface area contributed by atoms with Gasteiger partial charge in [0.05, 0.1) is 6.54 Å². The van der Waals surface area contributed by atoms with Crippen LogP contribution in [0.5, 0.6) is 0 Å². The van der Waals surface area contributed by atoms with Crippen LogP contribution in [0.3, 0.4) is 0 Å². The zero-order chi connectivity index (χ0) is 17.5. The number of rotatable bonds is 6. The summed E-state index contributed by atoms with van der Waals surface area (Å²) in [6.07, 6.45) is 0. The number of carbonyl (C=O) groups is 2. The van der Waals surface area contributed by atoms with Gasteiger partial charge in [-0.2, -0.15) is 0 Å². The second-order valence-electron chi connectivity index (χ2n) is 5.60. The maximum absolute atomic E-state index is 12.0. The molecule has 0 fully saturated rings. The molecule has 126 valence electrons. The molecule has 6 nitrogen and oxygen atoms in total. The lowest BCUT2D eigenvalue weighted by molar-refractivity contribution is -0.115. The summed E-state index contributed by atoms with van der Waals surface area (Å²) in [5.74, 6) is -0.242. The molecule has 2 amide bonds. The third-order valence-electron chi connectivity index (χ3n) is 3.33. The Morgan fingerprint density at radius 1 is 0.833 bits per heavy atom. The zero-order valence-corrected chi connectivity index (χ0v) is 14.1. The van der Waals surface area contributed by atoms with Crippen molar-refractivity contribution in [2.75, 3.05) is 41.5 Å². The molecule has 24 heavy (non-hydrogen) atoms. The van der Waals surface area contributed by atoms with Gasteiger partial charge in [-0.3, -0.25) is 9.59 Å². The summed E-state index contributed by atoms with van der Waals surface area (Å²) in [5, 5.41) is 8.57. The number of benzene rings is 2. The van der Waals surface area contributed by atoms with E-state index in [-0.39, 0.29) is 18.4 Å². The quantitative estimate of drug-likeness (QED) is 0.763. The molecule has 0 heterocycles. The van der Waals surface area contributed by atoms with Crippen LogP contribution in [0, 0.1) is 0 Å². The molecule has 0 aromatic heterocycles. The molecule has 2 aromatic rings. The maximum atomic E-state index is 12.0. The number of nitrogens with zero attached hydrogens (tertiary/aromatic N) is 1. The number of anilines is 4. The van der Waals surface area contributed by atoms with E-state index >= 15 is 0 Å². The number of carbonyl (C=O) groups excluding carboxylic acids is 2. The Balaban J connectivity index is 1.83. The largest absolute Gasteiger partial charge is 0.378 e. The predicted octanol–water partition coefficient (Wildman–Crippen LogP) is 2.76. The summed E-state index contributed by atoms with van der Waals surface area (Å²) in [6, 6.07) is 14.8. The van der Waals surface area contributed by atoms with Gasteiger partial charge in [0.15, 0.2) is 0 Å². The predicted molar refractivity (Wildman–Crippen MR) is 98.6 cm³/mol. The monoisotopic (exact) mass is 326 g/mol. The Morgan fingerprint density at radius 2 is 1.33 bits per heavy atom. The van der Waals surface area contributed by atoms with Crippen molar-refractivity contribution < 1.29 is 9.59 Å². The molecule has 0 spiro atoms. The first-order valence-corrected chi connectivity index (χ1v) is 7.63. The highest BCUT2D eigenvalue weighted by Gasteiger charge is 2.03. The van der Waals surface area contributed by atoms with E-state index in [1.807, 2.05) is 55.4 Å². The topological polar surface area (TPSA) is 73.5 Å². The molecular formula is C18H22N4O2. The maximum Gasteiger partial charge on any atom is 0.243 e. The number of hydrogen-bond donors (Lipinski definition) is 3. The SMILES string of the molecule is CC(=O)Nc1ccc(NCC(=O)Nc2ccc(N(C)C)cc2)cc1. The first-order valence-electron chi connectivity index (χ1n) is 7.63. The summed E-state index contributed by atoms with van der Waals surface area (Å²) in [5.41, 5.74) is 3.36. The van der Waals surface area contributed by atoms with E-state index in [0.717, 1.165) is 22.7 Å². The summed E-state index contributed by atoms with van der Waals surface area (Å²) >= 11 is 0. The Bertz CT molecular complexity index is 694. The average molecular weight is 326 g/mol. The molecule has 0 radical (unpaired) electrons. The molecule has 0 aliphatic rings. The van der Waals surface area contributed by atoms with E-state index < -0.39 is 0 Å². The summed E-state index contributed by atoms with van der Waals surface area (Å²) in [7, 11) is 3.93. The summed E-state index contributed by atoms with van der Waals surface area (Å²) in [4.78, 5) is 24.9. The minimum Gasteiger partial charge on any atom is -0.378 e. The Kier molecular flexibility index (Phi) is 5.78. The van der Waals surface area contributed by atoms with Crippen molar-refractivity contribution in [3.8, 4) is 0 Å². The molecular weight excluding hydrogens is 304 g/mol. The second kappa shape index (κ2) is 8.01. The van der Waals surface area contributed by atoms with E-state index in [4.69, 9.17) is 0 Å². The van der Waals surface area contributed by atoms with Crippen molar-refractivity contribution in [3.63, 3.8) is 0 Å². The van der Waals surface area contributed by atoms with Crippen LogP contribution >= 0.6 is 0 Å². The second-order valence-corrected chi connectivity index (χ2v) is 5.60. The highest BCUT2D eigenvalue weighted by Crippen LogP contribution is 2.16. The van der Waals surface area contributed by atoms with Crippen LogP contribution in [0.25, 0.3) is 0 Å². The van der Waals surface area contributed by atoms with Gasteiger partial charge in [0.2, 0.25) is 11.8 Å². The fourth-order valence-corrected chi connectivity index (χ4v) is 2.11. The van der Waals surface area contributed by atoms with Crippen molar-refractivity contribution >= 4 is 34.6 Å². The smallest absolute Gasteiger partial charge is 0.243 e. The summed E-state index contributed by atoms with van der Waals surface area (Å²) in [6.45, 7) is 1.62. The molecule has 0 aliphatic heterocycles. The van der Waals surface area contributed by atoms with E-state index in [9.17, 15) is 9.59 Å². The van der Waals surface area contributed by atoms with Crippen molar-refractivity contribution in [2.45, 2.75) is 6.92 Å². The van der Waals surface area contributed by atoms with E-state index in [1.54, 1.807) is 12.1 Å². The lowest BCUT2D eigenvalue weighted by Crippen LogP contribution is -2.21. The molecule has 6 heteroatoms. The minimum absolute atomic E-state index is 0.115. The molecule has 0 bridgehead atoms. The first kappa shape index (κ1) is 17.3. The van der Waals surface area contributed by atoms with E-state index in [0.29, 0.717) is 0 Å². The highest BCUT2D eigenvalue weighted by molar-refractivity contribution is 5.94. The molecule has 0 saturated carbocycles. The van der Waals surface area contributed by atoms with Crippen LogP contribution in [0.1, 0.15) is 6.92 Å². The first-order chi connectivity index (χ1) is 11.4. The van der Waals surface area contributed by atoms with Crippen molar-refractivity contribution in [1.82, 2.24) is 0 Å². The molecule has 0 atom stereocenters. The van der Waals surface area contributed by atoms with Crippen LogP contribution in [0.15, 0.2) is 48.5 Å². The molecule has 2 aromatic carbocycles. The van der Waals surface area contributed by atoms with Crippen LogP contribution < -0.4 is 20.9 Å². The number of amides is 2. The molecule has 0 unspecified atom stereocenters. The van der Waals surface area contributed by atoms with Crippen LogP contribution in [-0.4, -0.2) is 32.5 Å². The van der Waals surface area contributed by atoms with Crippen molar-refractivity contribution in [1.29, 1.82) is 0 Å². The molecule has 0 saturated heterocycles. The van der Waals surface area contributed by atoms with Crippen molar-refractivity contribution in [2.24, 2.45) is 0 Å². The van der Waals surface area contributed by atoms with Gasteiger partial charge < -0.3 is 20.9 Å². The third kappa shape index (κ3) is 5.31. The standard InChI is InChI=1S/C18H22N4O2/c1-13(23)20-15-6-4-14(5-7-15)19-12-18(24)21-16-8-10-17(11-9-16)22(2)3/h4-11,19H,12H2,1-3H3,(H,20,23)(H,21,24). The van der Waals surface area contributed by atoms with E-state index in [1.165, 1.54) is 6.92 Å². The van der Waals surface area contributed by atoms with Gasteiger partial charge in [0.25, 0.3) is 0 Å². The van der Waals surface area contributed by atoms with Gasteiger partial charge in [-0.15, -0.1) is 0 Å². The molecule has 0 aliphatic carbocycles. The van der Waals surface area contributed by atoms with Gasteiger partial charge in [-0.1, -0.05) is 0 Å². The highest BCUT2D eigenvalue weighted by atomic mass is 16.2. The van der Waals surface area contributed by atoms with Gasteiger partial charge in [-0.05, 0) is 48.5 Å². The fraction of sp³-hybridized carbons (Fsp3) is 0.222. The average Bonchev–Trinajstić information content (AvgIpc) is 2.54. The number of nitrogens with one attached hydrogen (secondary N) is 3. The van der Waals surface area contributed by atoms with Crippen LogP contribution in [0.4, 0.5) is 22.7 Å². The molecule has 3 N–H and O–H groups in total. The Morgan fingerprint density at radius 3 is 1.88 bits per heavy atom. The fourth-order valence-electron chi connectivity index (χ4n) is 2.11. The zero-order valence-electron chi connectivity index (χ0n) is 14.1. The van der Waals surface area contributed by atoms with Gasteiger partial charge in [0, 0.05) is 43.8 Å². The lowest BCUT2D eigenvalue weighted by atomic mass is 10.2. The Hall–Kier alpha value is -3.02. The number of hydrogen-bond acceptors (Lipinski definition) is 4. The minimum atomic E-state index is -0.126. The summed E-state index contributed by atoms with van der Waals surface area (Å²) < 4.78 is 0. The third-order valence-corrected chi connectivity index (χ3v) is 3.33. The van der Waals surface area contributed by atoms with Gasteiger partial charge in [-0.25, -0.2) is 0 Å². The molecule has 2 rings (SSSR count). The lowest BCUT2D eigenvalue weighted by Gasteiger charge is -2.13. The van der Waals surface area contributed by atoms with E-state index in [2.05, 4.69) is 16.0 Å². The van der Waals surface area contributed by atoms with Gasteiger partial charge >= 0.3 is 0 Å². The Labute approximate surface area is 141 Å². The van der Waals surface area contributed by atoms with Gasteiger partial charge in [0.1, 0.15) is 0 Å². The van der Waals surface area contributed by atoms with Crippen molar-refractivity contribution in [3.05, 3.63) is 48.5 Å². The van der Waals surface area contributed by atoms with Crippen LogP contribution in [0.2, 0.25) is 0 Å². The normalized spacial score (nSPS) is 9.96.